The van der Waals surface area contributed by atoms with Crippen molar-refractivity contribution in [3.63, 3.8) is 0 Å². The summed E-state index contributed by atoms with van der Waals surface area (Å²) in [4.78, 5) is 10.3. The van der Waals surface area contributed by atoms with Crippen LogP contribution in [0.5, 0.6) is 11.7 Å². The van der Waals surface area contributed by atoms with Gasteiger partial charge < -0.3 is 9.15 Å². The second kappa shape index (κ2) is 3.37. The van der Waals surface area contributed by atoms with E-state index in [9.17, 15) is 4.79 Å². The summed E-state index contributed by atoms with van der Waals surface area (Å²) in [5.41, 5.74) is 0. The molecule has 5 heteroatoms. The smallest absolute Gasteiger partial charge is 0.290 e. The van der Waals surface area contributed by atoms with E-state index in [1.54, 1.807) is 36.3 Å². The Morgan fingerprint density at radius 3 is 3.00 bits per heavy atom. The van der Waals surface area contributed by atoms with Crippen molar-refractivity contribution in [1.29, 1.82) is 0 Å². The van der Waals surface area contributed by atoms with E-state index >= 15 is 0 Å². The number of rotatable bonds is 3. The van der Waals surface area contributed by atoms with Crippen LogP contribution in [0.15, 0.2) is 28.9 Å². The van der Waals surface area contributed by atoms with Gasteiger partial charge >= 0.3 is 0 Å². The van der Waals surface area contributed by atoms with Crippen molar-refractivity contribution >= 4 is 6.29 Å². The maximum atomic E-state index is 10.3. The first kappa shape index (κ1) is 8.55. The minimum atomic E-state index is 0.240. The number of aldehydes is 1. The molecule has 0 spiro atoms. The Balaban J connectivity index is 2.14. The van der Waals surface area contributed by atoms with Gasteiger partial charge in [0.25, 0.3) is 5.95 Å². The molecule has 0 amide bonds. The number of ether oxygens (including phenoxy) is 1. The fourth-order valence-electron chi connectivity index (χ4n) is 1.02. The molecule has 0 N–H and O–H groups in total. The van der Waals surface area contributed by atoms with Crippen molar-refractivity contribution in [2.24, 2.45) is 7.05 Å². The predicted molar refractivity (Wildman–Crippen MR) is 47.4 cm³/mol. The van der Waals surface area contributed by atoms with Crippen LogP contribution in [0, 0.1) is 0 Å². The van der Waals surface area contributed by atoms with E-state index in [0.717, 1.165) is 0 Å². The third-order valence-electron chi connectivity index (χ3n) is 1.62. The highest BCUT2D eigenvalue weighted by Gasteiger charge is 2.04. The molecule has 0 aliphatic heterocycles. The summed E-state index contributed by atoms with van der Waals surface area (Å²) in [7, 11) is 1.78. The van der Waals surface area contributed by atoms with Crippen LogP contribution in [0.25, 0.3) is 0 Å². The fourth-order valence-corrected chi connectivity index (χ4v) is 1.02. The zero-order valence-corrected chi connectivity index (χ0v) is 7.51. The Bertz CT molecular complexity index is 444. The molecule has 2 heterocycles. The maximum Gasteiger partial charge on any atom is 0.290 e. The lowest BCUT2D eigenvalue weighted by molar-refractivity contribution is 0.109. The van der Waals surface area contributed by atoms with Crippen LogP contribution in [0.2, 0.25) is 0 Å². The minimum Gasteiger partial charge on any atom is -0.423 e. The molecular formula is C9H8N2O3. The van der Waals surface area contributed by atoms with E-state index in [1.807, 2.05) is 0 Å². The fraction of sp³-hybridized carbons (Fsp3) is 0.111. The Kier molecular flexibility index (Phi) is 2.06. The molecule has 72 valence electrons. The predicted octanol–water partition coefficient (Wildman–Crippen LogP) is 1.62. The summed E-state index contributed by atoms with van der Waals surface area (Å²) >= 11 is 0. The minimum absolute atomic E-state index is 0.240. The summed E-state index contributed by atoms with van der Waals surface area (Å²) < 4.78 is 11.9. The number of nitrogens with zero attached hydrogens (tertiary/aromatic N) is 2. The van der Waals surface area contributed by atoms with Crippen LogP contribution in [0.1, 0.15) is 10.6 Å². The van der Waals surface area contributed by atoms with Crippen LogP contribution in [-0.4, -0.2) is 16.1 Å². The van der Waals surface area contributed by atoms with Gasteiger partial charge in [-0.25, -0.2) is 0 Å². The molecule has 2 rings (SSSR count). The molecule has 14 heavy (non-hydrogen) atoms. The van der Waals surface area contributed by atoms with E-state index in [1.165, 1.54) is 0 Å². The van der Waals surface area contributed by atoms with Crippen molar-refractivity contribution < 1.29 is 13.9 Å². The van der Waals surface area contributed by atoms with E-state index < -0.39 is 0 Å². The lowest BCUT2D eigenvalue weighted by atomic mass is 10.5. The van der Waals surface area contributed by atoms with Crippen molar-refractivity contribution in [2.45, 2.75) is 0 Å². The molecule has 2 aromatic heterocycles. The van der Waals surface area contributed by atoms with Gasteiger partial charge in [-0.2, -0.15) is 5.10 Å². The summed E-state index contributed by atoms with van der Waals surface area (Å²) in [6, 6.07) is 3.12. The van der Waals surface area contributed by atoms with Crippen molar-refractivity contribution in [3.05, 3.63) is 30.3 Å². The Morgan fingerprint density at radius 2 is 2.43 bits per heavy atom. The number of hydrogen-bond acceptors (Lipinski definition) is 4. The summed E-state index contributed by atoms with van der Waals surface area (Å²) in [5.74, 6) is 1.09. The lowest BCUT2D eigenvalue weighted by Crippen LogP contribution is -1.84. The maximum absolute atomic E-state index is 10.3. The first-order chi connectivity index (χ1) is 6.78. The number of carbonyl (C=O) groups is 1. The SMILES string of the molecule is Cn1cc(Oc2ccc(C=O)o2)cn1. The largest absolute Gasteiger partial charge is 0.423 e. The molecule has 0 aromatic carbocycles. The van der Waals surface area contributed by atoms with Gasteiger partial charge in [-0.1, -0.05) is 0 Å². The topological polar surface area (TPSA) is 57.3 Å². The second-order valence-electron chi connectivity index (χ2n) is 2.73. The highest BCUT2D eigenvalue weighted by Crippen LogP contribution is 2.22. The molecule has 0 radical (unpaired) electrons. The van der Waals surface area contributed by atoms with Gasteiger partial charge in [-0.3, -0.25) is 9.48 Å². The number of hydrogen-bond donors (Lipinski definition) is 0. The van der Waals surface area contributed by atoms with E-state index in [2.05, 4.69) is 5.10 Å². The van der Waals surface area contributed by atoms with Crippen molar-refractivity contribution in [3.8, 4) is 11.7 Å². The quantitative estimate of drug-likeness (QED) is 0.693. The van der Waals surface area contributed by atoms with Gasteiger partial charge in [0.05, 0.1) is 12.4 Å². The van der Waals surface area contributed by atoms with E-state index in [-0.39, 0.29) is 11.7 Å². The first-order valence-corrected chi connectivity index (χ1v) is 3.99. The summed E-state index contributed by atoms with van der Waals surface area (Å²) in [6.45, 7) is 0. The van der Waals surface area contributed by atoms with Crippen LogP contribution < -0.4 is 4.74 Å². The molecule has 0 aliphatic rings. The summed E-state index contributed by atoms with van der Waals surface area (Å²) in [5, 5.41) is 3.92. The molecule has 0 saturated heterocycles. The van der Waals surface area contributed by atoms with Crippen molar-refractivity contribution in [2.75, 3.05) is 0 Å². The Morgan fingerprint density at radius 1 is 1.57 bits per heavy atom. The molecule has 0 fully saturated rings. The molecule has 0 atom stereocenters. The molecule has 0 bridgehead atoms. The normalized spacial score (nSPS) is 10.1. The van der Waals surface area contributed by atoms with Gasteiger partial charge in [0.2, 0.25) is 0 Å². The zero-order chi connectivity index (χ0) is 9.97. The van der Waals surface area contributed by atoms with Gasteiger partial charge in [0, 0.05) is 13.1 Å². The number of aromatic nitrogens is 2. The number of furan rings is 1. The molecule has 0 saturated carbocycles. The van der Waals surface area contributed by atoms with Gasteiger partial charge in [-0.15, -0.1) is 0 Å². The average Bonchev–Trinajstić information content (AvgIpc) is 2.76. The highest BCUT2D eigenvalue weighted by atomic mass is 16.6. The first-order valence-electron chi connectivity index (χ1n) is 3.99. The van der Waals surface area contributed by atoms with Crippen LogP contribution in [0.4, 0.5) is 0 Å². The molecule has 5 nitrogen and oxygen atoms in total. The second-order valence-corrected chi connectivity index (χ2v) is 2.73. The lowest BCUT2D eigenvalue weighted by Gasteiger charge is -1.95. The third-order valence-corrected chi connectivity index (χ3v) is 1.62. The highest BCUT2D eigenvalue weighted by molar-refractivity contribution is 5.70. The summed E-state index contributed by atoms with van der Waals surface area (Å²) in [6.07, 6.45) is 3.88. The number of aryl methyl sites for hydroxylation is 1. The van der Waals surface area contributed by atoms with Crippen LogP contribution >= 0.6 is 0 Å². The van der Waals surface area contributed by atoms with Crippen LogP contribution in [0.3, 0.4) is 0 Å². The average molecular weight is 192 g/mol. The zero-order valence-electron chi connectivity index (χ0n) is 7.51. The molecular weight excluding hydrogens is 184 g/mol. The molecule has 0 unspecified atom stereocenters. The monoisotopic (exact) mass is 192 g/mol. The van der Waals surface area contributed by atoms with E-state index in [4.69, 9.17) is 9.15 Å². The molecule has 2 aromatic rings. The van der Waals surface area contributed by atoms with Gasteiger partial charge in [-0.05, 0) is 6.07 Å². The standard InChI is InChI=1S/C9H8N2O3/c1-11-5-8(4-10-11)14-9-3-2-7(6-12)13-9/h2-6H,1H3. The van der Waals surface area contributed by atoms with Gasteiger partial charge in [0.15, 0.2) is 17.8 Å². The molecule has 0 aliphatic carbocycles. The van der Waals surface area contributed by atoms with Gasteiger partial charge in [0.1, 0.15) is 0 Å². The van der Waals surface area contributed by atoms with E-state index in [0.29, 0.717) is 12.0 Å². The third kappa shape index (κ3) is 1.66. The van der Waals surface area contributed by atoms with Crippen molar-refractivity contribution in [1.82, 2.24) is 9.78 Å². The van der Waals surface area contributed by atoms with Crippen LogP contribution in [-0.2, 0) is 7.05 Å². The number of carbonyl (C=O) groups excluding carboxylic acids is 1. The Labute approximate surface area is 79.9 Å². The Hall–Kier alpha value is -2.04.